The number of esters is 1. The lowest BCUT2D eigenvalue weighted by atomic mass is 9.77. The third kappa shape index (κ3) is 1.71. The lowest BCUT2D eigenvalue weighted by molar-refractivity contribution is -0.164. The predicted molar refractivity (Wildman–Crippen MR) is 46.2 cm³/mol. The molecular weight excluding hydrogens is 168 g/mol. The van der Waals surface area contributed by atoms with Crippen LogP contribution in [0.1, 0.15) is 33.6 Å². The summed E-state index contributed by atoms with van der Waals surface area (Å²) in [6.07, 6.45) is 1.50. The zero-order valence-electron chi connectivity index (χ0n) is 8.20. The SMILES string of the molecule is CC(C)(C)OC(=O)C1CC2(C1)N=N2. The molecule has 13 heavy (non-hydrogen) atoms. The average Bonchev–Trinajstić information content (AvgIpc) is 2.56. The van der Waals surface area contributed by atoms with Crippen LogP contribution in [0.25, 0.3) is 0 Å². The lowest BCUT2D eigenvalue weighted by Crippen LogP contribution is -2.40. The number of nitrogens with zero attached hydrogens (tertiary/aromatic N) is 2. The normalized spacial score (nSPS) is 24.2. The van der Waals surface area contributed by atoms with Gasteiger partial charge >= 0.3 is 5.97 Å². The topological polar surface area (TPSA) is 51.0 Å². The van der Waals surface area contributed by atoms with Gasteiger partial charge in [0.05, 0.1) is 5.92 Å². The Morgan fingerprint density at radius 1 is 1.38 bits per heavy atom. The highest BCUT2D eigenvalue weighted by Crippen LogP contribution is 2.51. The third-order valence-electron chi connectivity index (χ3n) is 2.27. The number of carbonyl (C=O) groups excluding carboxylic acids is 1. The maximum atomic E-state index is 11.5. The molecule has 0 radical (unpaired) electrons. The lowest BCUT2D eigenvalue weighted by Gasteiger charge is -2.32. The van der Waals surface area contributed by atoms with E-state index in [2.05, 4.69) is 10.2 Å². The van der Waals surface area contributed by atoms with E-state index in [0.29, 0.717) is 0 Å². The molecule has 2 aliphatic rings. The largest absolute Gasteiger partial charge is 0.460 e. The smallest absolute Gasteiger partial charge is 0.309 e. The van der Waals surface area contributed by atoms with Crippen molar-refractivity contribution in [2.75, 3.05) is 0 Å². The van der Waals surface area contributed by atoms with Crippen LogP contribution >= 0.6 is 0 Å². The van der Waals surface area contributed by atoms with Crippen molar-refractivity contribution in [1.29, 1.82) is 0 Å². The maximum Gasteiger partial charge on any atom is 0.309 e. The second kappa shape index (κ2) is 2.30. The van der Waals surface area contributed by atoms with E-state index >= 15 is 0 Å². The molecule has 4 heteroatoms. The molecule has 1 fully saturated rings. The van der Waals surface area contributed by atoms with E-state index in [1.165, 1.54) is 0 Å². The summed E-state index contributed by atoms with van der Waals surface area (Å²) >= 11 is 0. The second-order valence-electron chi connectivity index (χ2n) is 4.82. The molecule has 0 N–H and O–H groups in total. The Bertz CT molecular complexity index is 264. The molecule has 1 saturated carbocycles. The first-order chi connectivity index (χ1) is 5.90. The fraction of sp³-hybridized carbons (Fsp3) is 0.889. The van der Waals surface area contributed by atoms with Crippen molar-refractivity contribution in [1.82, 2.24) is 0 Å². The first kappa shape index (κ1) is 8.66. The van der Waals surface area contributed by atoms with E-state index in [0.717, 1.165) is 12.8 Å². The van der Waals surface area contributed by atoms with Crippen LogP contribution in [0.2, 0.25) is 0 Å². The highest BCUT2D eigenvalue weighted by molar-refractivity contribution is 5.74. The van der Waals surface area contributed by atoms with Gasteiger partial charge in [-0.3, -0.25) is 4.79 Å². The summed E-state index contributed by atoms with van der Waals surface area (Å²) in [4.78, 5) is 11.5. The highest BCUT2D eigenvalue weighted by Gasteiger charge is 2.56. The van der Waals surface area contributed by atoms with E-state index < -0.39 is 0 Å². The first-order valence-electron chi connectivity index (χ1n) is 4.57. The summed E-state index contributed by atoms with van der Waals surface area (Å²) in [5.74, 6) is -0.0790. The number of carbonyl (C=O) groups is 1. The molecule has 2 rings (SSSR count). The Morgan fingerprint density at radius 3 is 2.31 bits per heavy atom. The minimum Gasteiger partial charge on any atom is -0.460 e. The fourth-order valence-electron chi connectivity index (χ4n) is 1.52. The van der Waals surface area contributed by atoms with Gasteiger partial charge < -0.3 is 4.74 Å². The molecule has 0 saturated heterocycles. The summed E-state index contributed by atoms with van der Waals surface area (Å²) in [7, 11) is 0. The molecule has 1 aliphatic heterocycles. The van der Waals surface area contributed by atoms with Crippen LogP contribution in [-0.2, 0) is 9.53 Å². The minimum absolute atomic E-state index is 0.0224. The molecule has 0 aromatic heterocycles. The molecular formula is C9H14N2O2. The van der Waals surface area contributed by atoms with Crippen LogP contribution in [0.15, 0.2) is 10.2 Å². The molecule has 1 aliphatic carbocycles. The van der Waals surface area contributed by atoms with Crippen LogP contribution in [0, 0.1) is 5.92 Å². The van der Waals surface area contributed by atoms with Crippen molar-refractivity contribution in [2.45, 2.75) is 44.9 Å². The summed E-state index contributed by atoms with van der Waals surface area (Å²) in [6, 6.07) is 0. The Balaban J connectivity index is 1.79. The first-order valence-corrected chi connectivity index (χ1v) is 4.57. The van der Waals surface area contributed by atoms with E-state index in [1.807, 2.05) is 20.8 Å². The molecule has 0 atom stereocenters. The Kier molecular flexibility index (Phi) is 1.54. The molecule has 0 bridgehead atoms. The summed E-state index contributed by atoms with van der Waals surface area (Å²) in [5.41, 5.74) is -0.529. The van der Waals surface area contributed by atoms with Crippen molar-refractivity contribution < 1.29 is 9.53 Å². The average molecular weight is 182 g/mol. The highest BCUT2D eigenvalue weighted by atomic mass is 16.6. The Hall–Kier alpha value is -0.930. The van der Waals surface area contributed by atoms with Crippen LogP contribution < -0.4 is 0 Å². The van der Waals surface area contributed by atoms with Crippen LogP contribution in [0.5, 0.6) is 0 Å². The molecule has 0 unspecified atom stereocenters. The van der Waals surface area contributed by atoms with Gasteiger partial charge in [-0.15, -0.1) is 0 Å². The van der Waals surface area contributed by atoms with Gasteiger partial charge in [-0.1, -0.05) is 0 Å². The van der Waals surface area contributed by atoms with Crippen molar-refractivity contribution >= 4 is 5.97 Å². The van der Waals surface area contributed by atoms with Gasteiger partial charge in [0.1, 0.15) is 5.60 Å². The zero-order valence-corrected chi connectivity index (χ0v) is 8.20. The quantitative estimate of drug-likeness (QED) is 0.581. The van der Waals surface area contributed by atoms with Crippen molar-refractivity contribution in [3.05, 3.63) is 0 Å². The Morgan fingerprint density at radius 2 is 1.92 bits per heavy atom. The molecule has 0 aromatic carbocycles. The summed E-state index contributed by atoms with van der Waals surface area (Å²) in [5, 5.41) is 7.77. The van der Waals surface area contributed by atoms with E-state index in [4.69, 9.17) is 4.74 Å². The van der Waals surface area contributed by atoms with Crippen LogP contribution in [-0.4, -0.2) is 17.2 Å². The number of rotatable bonds is 1. The van der Waals surface area contributed by atoms with Crippen LogP contribution in [0.3, 0.4) is 0 Å². The molecule has 72 valence electrons. The maximum absolute atomic E-state index is 11.5. The number of hydrogen-bond donors (Lipinski definition) is 0. The Labute approximate surface area is 77.4 Å². The summed E-state index contributed by atoms with van der Waals surface area (Å²) < 4.78 is 5.24. The van der Waals surface area contributed by atoms with E-state index in [1.54, 1.807) is 0 Å². The molecule has 1 spiro atoms. The van der Waals surface area contributed by atoms with Gasteiger partial charge in [-0.25, -0.2) is 0 Å². The van der Waals surface area contributed by atoms with Crippen molar-refractivity contribution in [3.8, 4) is 0 Å². The minimum atomic E-state index is -0.377. The molecule has 4 nitrogen and oxygen atoms in total. The monoisotopic (exact) mass is 182 g/mol. The van der Waals surface area contributed by atoms with Gasteiger partial charge in [0.2, 0.25) is 0 Å². The van der Waals surface area contributed by atoms with Crippen molar-refractivity contribution in [3.63, 3.8) is 0 Å². The molecule has 0 amide bonds. The molecule has 1 heterocycles. The van der Waals surface area contributed by atoms with Crippen molar-refractivity contribution in [2.24, 2.45) is 16.1 Å². The van der Waals surface area contributed by atoms with Gasteiger partial charge in [-0.05, 0) is 20.8 Å². The number of ether oxygens (including phenoxy) is 1. The summed E-state index contributed by atoms with van der Waals surface area (Å²) in [6.45, 7) is 5.64. The zero-order chi connectivity index (χ0) is 9.69. The van der Waals surface area contributed by atoms with Gasteiger partial charge in [0.15, 0.2) is 5.66 Å². The number of hydrogen-bond acceptors (Lipinski definition) is 4. The van der Waals surface area contributed by atoms with Gasteiger partial charge in [-0.2, -0.15) is 10.2 Å². The van der Waals surface area contributed by atoms with Gasteiger partial charge in [0.25, 0.3) is 0 Å². The fourth-order valence-corrected chi connectivity index (χ4v) is 1.52. The second-order valence-corrected chi connectivity index (χ2v) is 4.82. The molecule has 0 aromatic rings. The van der Waals surface area contributed by atoms with E-state index in [-0.39, 0.29) is 23.2 Å². The van der Waals surface area contributed by atoms with E-state index in [9.17, 15) is 4.79 Å². The van der Waals surface area contributed by atoms with Crippen LogP contribution in [0.4, 0.5) is 0 Å². The third-order valence-corrected chi connectivity index (χ3v) is 2.27. The van der Waals surface area contributed by atoms with Gasteiger partial charge in [0, 0.05) is 12.8 Å². The standard InChI is InChI=1S/C9H14N2O2/c1-8(2,3)13-7(12)6-4-9(5-6)10-11-9/h6H,4-5H2,1-3H3. The predicted octanol–water partition coefficient (Wildman–Crippen LogP) is 1.90.